The van der Waals surface area contributed by atoms with E-state index < -0.39 is 5.60 Å². The molecule has 2 aromatic rings. The highest BCUT2D eigenvalue weighted by molar-refractivity contribution is 5.48. The first-order valence-electron chi connectivity index (χ1n) is 6.74. The van der Waals surface area contributed by atoms with E-state index in [1.807, 2.05) is 12.1 Å². The highest BCUT2D eigenvalue weighted by atomic mass is 16.6. The zero-order chi connectivity index (χ0) is 14.9. The van der Waals surface area contributed by atoms with E-state index in [0.29, 0.717) is 30.3 Å². The highest BCUT2D eigenvalue weighted by Gasteiger charge is 2.27. The SMILES string of the molecule is CC(O)(c1ccc(C#N)cc1)c1ccc2c(c1)OCCO2. The first kappa shape index (κ1) is 13.5. The van der Waals surface area contributed by atoms with E-state index in [1.165, 1.54) is 0 Å². The first-order valence-corrected chi connectivity index (χ1v) is 6.74. The molecule has 1 N–H and O–H groups in total. The molecule has 1 atom stereocenters. The van der Waals surface area contributed by atoms with Gasteiger partial charge in [-0.15, -0.1) is 0 Å². The molecule has 0 aromatic heterocycles. The Bertz CT molecular complexity index is 699. The number of rotatable bonds is 2. The van der Waals surface area contributed by atoms with Gasteiger partial charge in [0.2, 0.25) is 0 Å². The van der Waals surface area contributed by atoms with Gasteiger partial charge in [-0.2, -0.15) is 5.26 Å². The largest absolute Gasteiger partial charge is 0.486 e. The number of nitriles is 1. The van der Waals surface area contributed by atoms with Crippen molar-refractivity contribution < 1.29 is 14.6 Å². The Hall–Kier alpha value is -2.51. The zero-order valence-electron chi connectivity index (χ0n) is 11.7. The number of aliphatic hydroxyl groups is 1. The average molecular weight is 281 g/mol. The van der Waals surface area contributed by atoms with E-state index in [-0.39, 0.29) is 0 Å². The molecule has 4 nitrogen and oxygen atoms in total. The standard InChI is InChI=1S/C17H15NO3/c1-17(19,13-4-2-12(11-18)3-5-13)14-6-7-15-16(10-14)21-9-8-20-15/h2-7,10,19H,8-9H2,1H3. The van der Waals surface area contributed by atoms with Gasteiger partial charge in [0, 0.05) is 0 Å². The number of ether oxygens (including phenoxy) is 2. The Balaban J connectivity index is 1.98. The monoisotopic (exact) mass is 281 g/mol. The fourth-order valence-electron chi connectivity index (χ4n) is 2.38. The van der Waals surface area contributed by atoms with Gasteiger partial charge in [0.1, 0.15) is 18.8 Å². The van der Waals surface area contributed by atoms with Crippen molar-refractivity contribution in [1.29, 1.82) is 5.26 Å². The lowest BCUT2D eigenvalue weighted by molar-refractivity contribution is 0.101. The van der Waals surface area contributed by atoms with Crippen molar-refractivity contribution in [2.45, 2.75) is 12.5 Å². The third kappa shape index (κ3) is 2.44. The molecule has 0 fully saturated rings. The van der Waals surface area contributed by atoms with Crippen molar-refractivity contribution in [3.63, 3.8) is 0 Å². The van der Waals surface area contributed by atoms with E-state index in [1.54, 1.807) is 37.3 Å². The van der Waals surface area contributed by atoms with Crippen molar-refractivity contribution in [3.8, 4) is 17.6 Å². The molecule has 0 spiro atoms. The van der Waals surface area contributed by atoms with Gasteiger partial charge in [-0.05, 0) is 42.3 Å². The van der Waals surface area contributed by atoms with Gasteiger partial charge >= 0.3 is 0 Å². The second-order valence-corrected chi connectivity index (χ2v) is 5.12. The molecule has 2 aromatic carbocycles. The van der Waals surface area contributed by atoms with Gasteiger partial charge in [-0.25, -0.2) is 0 Å². The molecule has 0 saturated heterocycles. The van der Waals surface area contributed by atoms with Crippen LogP contribution in [0.25, 0.3) is 0 Å². The number of hydrogen-bond acceptors (Lipinski definition) is 4. The van der Waals surface area contributed by atoms with Crippen LogP contribution < -0.4 is 9.47 Å². The minimum atomic E-state index is -1.16. The van der Waals surface area contributed by atoms with Gasteiger partial charge in [0.05, 0.1) is 11.6 Å². The van der Waals surface area contributed by atoms with Crippen LogP contribution in [0.2, 0.25) is 0 Å². The Labute approximate surface area is 123 Å². The Kier molecular flexibility index (Phi) is 3.28. The second-order valence-electron chi connectivity index (χ2n) is 5.12. The van der Waals surface area contributed by atoms with Crippen LogP contribution in [0.1, 0.15) is 23.6 Å². The quantitative estimate of drug-likeness (QED) is 0.919. The van der Waals surface area contributed by atoms with Gasteiger partial charge in [0.15, 0.2) is 11.5 Å². The van der Waals surface area contributed by atoms with Crippen LogP contribution in [0.4, 0.5) is 0 Å². The van der Waals surface area contributed by atoms with Crippen LogP contribution in [-0.4, -0.2) is 18.3 Å². The van der Waals surface area contributed by atoms with Crippen molar-refractivity contribution in [1.82, 2.24) is 0 Å². The molecule has 106 valence electrons. The number of nitrogens with zero attached hydrogens (tertiary/aromatic N) is 1. The van der Waals surface area contributed by atoms with Crippen molar-refractivity contribution in [2.75, 3.05) is 13.2 Å². The topological polar surface area (TPSA) is 62.5 Å². The van der Waals surface area contributed by atoms with Crippen LogP contribution in [0.15, 0.2) is 42.5 Å². The lowest BCUT2D eigenvalue weighted by atomic mass is 9.87. The summed E-state index contributed by atoms with van der Waals surface area (Å²) in [6, 6.07) is 14.4. The lowest BCUT2D eigenvalue weighted by Gasteiger charge is -2.27. The number of benzene rings is 2. The van der Waals surface area contributed by atoms with Crippen LogP contribution in [0.3, 0.4) is 0 Å². The molecule has 0 radical (unpaired) electrons. The van der Waals surface area contributed by atoms with Gasteiger partial charge < -0.3 is 14.6 Å². The zero-order valence-corrected chi connectivity index (χ0v) is 11.7. The summed E-state index contributed by atoms with van der Waals surface area (Å²) in [5.41, 5.74) is 0.843. The summed E-state index contributed by atoms with van der Waals surface area (Å²) in [7, 11) is 0. The Morgan fingerprint density at radius 3 is 2.29 bits per heavy atom. The van der Waals surface area contributed by atoms with Crippen LogP contribution >= 0.6 is 0 Å². The minimum Gasteiger partial charge on any atom is -0.486 e. The average Bonchev–Trinajstić information content (AvgIpc) is 2.54. The van der Waals surface area contributed by atoms with E-state index in [4.69, 9.17) is 14.7 Å². The number of hydrogen-bond donors (Lipinski definition) is 1. The molecule has 0 bridgehead atoms. The summed E-state index contributed by atoms with van der Waals surface area (Å²) < 4.78 is 11.0. The molecule has 0 saturated carbocycles. The van der Waals surface area contributed by atoms with E-state index in [9.17, 15) is 5.11 Å². The lowest BCUT2D eigenvalue weighted by Crippen LogP contribution is -2.23. The van der Waals surface area contributed by atoms with E-state index in [0.717, 1.165) is 11.1 Å². The predicted molar refractivity (Wildman–Crippen MR) is 77.3 cm³/mol. The maximum absolute atomic E-state index is 10.8. The van der Waals surface area contributed by atoms with E-state index >= 15 is 0 Å². The molecular formula is C17H15NO3. The normalized spacial score (nSPS) is 15.9. The fraction of sp³-hybridized carbons (Fsp3) is 0.235. The van der Waals surface area contributed by atoms with Crippen LogP contribution in [0, 0.1) is 11.3 Å². The maximum atomic E-state index is 10.8. The molecule has 3 rings (SSSR count). The molecular weight excluding hydrogens is 266 g/mol. The van der Waals surface area contributed by atoms with Gasteiger partial charge in [-0.1, -0.05) is 18.2 Å². The summed E-state index contributed by atoms with van der Waals surface area (Å²) in [6.07, 6.45) is 0. The Morgan fingerprint density at radius 2 is 1.62 bits per heavy atom. The third-order valence-electron chi connectivity index (χ3n) is 3.68. The molecule has 1 aliphatic heterocycles. The molecule has 1 aliphatic rings. The second kappa shape index (κ2) is 5.12. The fourth-order valence-corrected chi connectivity index (χ4v) is 2.38. The minimum absolute atomic E-state index is 0.509. The first-order chi connectivity index (χ1) is 10.1. The Morgan fingerprint density at radius 1 is 1.00 bits per heavy atom. The molecule has 0 amide bonds. The summed E-state index contributed by atoms with van der Waals surface area (Å²) in [4.78, 5) is 0. The maximum Gasteiger partial charge on any atom is 0.161 e. The highest BCUT2D eigenvalue weighted by Crippen LogP contribution is 2.37. The van der Waals surface area contributed by atoms with Crippen LogP contribution in [0.5, 0.6) is 11.5 Å². The molecule has 1 unspecified atom stereocenters. The molecule has 21 heavy (non-hydrogen) atoms. The number of fused-ring (bicyclic) bond motifs is 1. The summed E-state index contributed by atoms with van der Waals surface area (Å²) in [5.74, 6) is 1.34. The summed E-state index contributed by atoms with van der Waals surface area (Å²) in [5, 5.41) is 19.7. The smallest absolute Gasteiger partial charge is 0.161 e. The molecule has 0 aliphatic carbocycles. The predicted octanol–water partition coefficient (Wildman–Crippen LogP) is 2.59. The van der Waals surface area contributed by atoms with E-state index in [2.05, 4.69) is 6.07 Å². The van der Waals surface area contributed by atoms with Gasteiger partial charge in [-0.3, -0.25) is 0 Å². The summed E-state index contributed by atoms with van der Waals surface area (Å²) >= 11 is 0. The third-order valence-corrected chi connectivity index (χ3v) is 3.68. The van der Waals surface area contributed by atoms with Crippen molar-refractivity contribution in [3.05, 3.63) is 59.2 Å². The van der Waals surface area contributed by atoms with Crippen molar-refractivity contribution in [2.24, 2.45) is 0 Å². The molecule has 4 heteroatoms. The summed E-state index contributed by atoms with van der Waals surface area (Å²) in [6.45, 7) is 2.77. The van der Waals surface area contributed by atoms with Crippen molar-refractivity contribution >= 4 is 0 Å². The molecule has 1 heterocycles. The van der Waals surface area contributed by atoms with Gasteiger partial charge in [0.25, 0.3) is 0 Å². The van der Waals surface area contributed by atoms with Crippen LogP contribution in [-0.2, 0) is 5.60 Å².